The Morgan fingerprint density at radius 2 is 1.71 bits per heavy atom. The summed E-state index contributed by atoms with van der Waals surface area (Å²) in [5.41, 5.74) is 5.84. The molecule has 0 bridgehead atoms. The largest absolute Gasteiger partial charge is 0.463 e. The maximum atomic E-state index is 5.69. The Morgan fingerprint density at radius 1 is 0.941 bits per heavy atom. The van der Waals surface area contributed by atoms with Crippen LogP contribution in [0.1, 0.15) is 11.1 Å². The van der Waals surface area contributed by atoms with Crippen LogP contribution >= 0.6 is 0 Å². The van der Waals surface area contributed by atoms with Gasteiger partial charge in [0.2, 0.25) is 0 Å². The van der Waals surface area contributed by atoms with Gasteiger partial charge >= 0.3 is 0 Å². The van der Waals surface area contributed by atoms with Crippen molar-refractivity contribution in [1.29, 1.82) is 0 Å². The molecule has 0 aliphatic carbocycles. The van der Waals surface area contributed by atoms with Crippen LogP contribution in [0.15, 0.2) is 53.1 Å². The van der Waals surface area contributed by atoms with Crippen LogP contribution in [0.5, 0.6) is 0 Å². The number of hydrogen-bond donors (Lipinski definition) is 0. The van der Waals surface area contributed by atoms with E-state index in [1.54, 1.807) is 0 Å². The van der Waals surface area contributed by atoms with E-state index < -0.39 is 0 Å². The number of furan rings is 1. The van der Waals surface area contributed by atoms with Gasteiger partial charge in [0.25, 0.3) is 0 Å². The summed E-state index contributed by atoms with van der Waals surface area (Å²) in [6, 6.07) is 14.7. The van der Waals surface area contributed by atoms with E-state index in [1.165, 1.54) is 27.6 Å². The number of aryl methyl sites for hydroxylation is 2. The lowest BCUT2D eigenvalue weighted by molar-refractivity contribution is 0.614. The first-order chi connectivity index (χ1) is 8.25. The van der Waals surface area contributed by atoms with Crippen LogP contribution in [-0.2, 0) is 0 Å². The van der Waals surface area contributed by atoms with Crippen LogP contribution in [0.4, 0.5) is 0 Å². The smallest absolute Gasteiger partial charge is 0.137 e. The third kappa shape index (κ3) is 1.64. The summed E-state index contributed by atoms with van der Waals surface area (Å²) in [5, 5.41) is 1.20. The summed E-state index contributed by atoms with van der Waals surface area (Å²) in [7, 11) is 0. The highest BCUT2D eigenvalue weighted by atomic mass is 16.3. The molecule has 0 spiro atoms. The van der Waals surface area contributed by atoms with Crippen molar-refractivity contribution in [2.45, 2.75) is 13.8 Å². The van der Waals surface area contributed by atoms with Gasteiger partial charge in [-0.3, -0.25) is 0 Å². The van der Waals surface area contributed by atoms with E-state index in [0.29, 0.717) is 0 Å². The summed E-state index contributed by atoms with van der Waals surface area (Å²) < 4.78 is 5.69. The lowest BCUT2D eigenvalue weighted by Gasteiger charge is -2.00. The Hall–Kier alpha value is -2.02. The van der Waals surface area contributed by atoms with Crippen molar-refractivity contribution in [2.75, 3.05) is 0 Å². The van der Waals surface area contributed by atoms with Crippen LogP contribution in [0.2, 0.25) is 0 Å². The highest BCUT2D eigenvalue weighted by Gasteiger charge is 2.09. The molecule has 3 aromatic rings. The quantitative estimate of drug-likeness (QED) is 0.580. The molecule has 0 fully saturated rings. The zero-order chi connectivity index (χ0) is 11.8. The molecule has 1 heteroatoms. The molecule has 2 aromatic carbocycles. The van der Waals surface area contributed by atoms with Gasteiger partial charge in [-0.15, -0.1) is 0 Å². The molecule has 0 saturated carbocycles. The number of fused-ring (bicyclic) bond motifs is 1. The number of rotatable bonds is 1. The second kappa shape index (κ2) is 3.77. The number of hydrogen-bond acceptors (Lipinski definition) is 1. The van der Waals surface area contributed by atoms with E-state index in [0.717, 1.165) is 5.58 Å². The van der Waals surface area contributed by atoms with Gasteiger partial charge in [-0.1, -0.05) is 36.4 Å². The minimum atomic E-state index is 0.995. The third-order valence-corrected chi connectivity index (χ3v) is 3.09. The Morgan fingerprint density at radius 3 is 2.47 bits per heavy atom. The van der Waals surface area contributed by atoms with Crippen LogP contribution in [0.25, 0.3) is 22.1 Å². The Bertz CT molecular complexity index is 663. The second-order valence-corrected chi connectivity index (χ2v) is 4.47. The maximum absolute atomic E-state index is 5.69. The molecule has 0 atom stereocenters. The standard InChI is InChI=1S/C16H14O/c1-11-8-12(2)16-14(9-11)15(10-17-16)13-6-4-3-5-7-13/h3-10H,1-2H3. The Labute approximate surface area is 101 Å². The van der Waals surface area contributed by atoms with Crippen molar-refractivity contribution in [3.05, 3.63) is 59.9 Å². The van der Waals surface area contributed by atoms with Crippen molar-refractivity contribution >= 4 is 11.0 Å². The summed E-state index contributed by atoms with van der Waals surface area (Å²) in [4.78, 5) is 0. The van der Waals surface area contributed by atoms with Gasteiger partial charge in [-0.2, -0.15) is 0 Å². The predicted octanol–water partition coefficient (Wildman–Crippen LogP) is 4.72. The van der Waals surface area contributed by atoms with Gasteiger partial charge in [-0.05, 0) is 36.6 Å². The molecule has 1 heterocycles. The SMILES string of the molecule is Cc1cc(C)c2occ(-c3ccccc3)c2c1. The van der Waals surface area contributed by atoms with Gasteiger partial charge in [0.05, 0.1) is 6.26 Å². The van der Waals surface area contributed by atoms with Gasteiger partial charge in [0, 0.05) is 10.9 Å². The van der Waals surface area contributed by atoms with Crippen LogP contribution in [-0.4, -0.2) is 0 Å². The van der Waals surface area contributed by atoms with Crippen molar-refractivity contribution in [3.63, 3.8) is 0 Å². The molecule has 84 valence electrons. The molecule has 0 aliphatic rings. The van der Waals surface area contributed by atoms with E-state index in [4.69, 9.17) is 4.42 Å². The summed E-state index contributed by atoms with van der Waals surface area (Å²) in [6.07, 6.45) is 1.85. The average Bonchev–Trinajstić information content (AvgIpc) is 2.74. The summed E-state index contributed by atoms with van der Waals surface area (Å²) in [5.74, 6) is 0. The Balaban J connectivity index is 2.32. The van der Waals surface area contributed by atoms with E-state index in [-0.39, 0.29) is 0 Å². The first-order valence-corrected chi connectivity index (χ1v) is 5.79. The molecule has 3 rings (SSSR count). The molecule has 0 N–H and O–H groups in total. The van der Waals surface area contributed by atoms with Gasteiger partial charge in [-0.25, -0.2) is 0 Å². The van der Waals surface area contributed by atoms with E-state index in [9.17, 15) is 0 Å². The van der Waals surface area contributed by atoms with Gasteiger partial charge in [0.1, 0.15) is 5.58 Å². The Kier molecular flexibility index (Phi) is 2.25. The molecule has 0 radical (unpaired) electrons. The monoisotopic (exact) mass is 222 g/mol. The highest BCUT2D eigenvalue weighted by Crippen LogP contribution is 2.32. The third-order valence-electron chi connectivity index (χ3n) is 3.09. The molecule has 0 amide bonds. The van der Waals surface area contributed by atoms with Gasteiger partial charge < -0.3 is 4.42 Å². The zero-order valence-electron chi connectivity index (χ0n) is 10.0. The van der Waals surface area contributed by atoms with Crippen LogP contribution in [0, 0.1) is 13.8 Å². The van der Waals surface area contributed by atoms with Crippen LogP contribution in [0.3, 0.4) is 0 Å². The van der Waals surface area contributed by atoms with Crippen molar-refractivity contribution < 1.29 is 4.42 Å². The summed E-state index contributed by atoms with van der Waals surface area (Å²) >= 11 is 0. The average molecular weight is 222 g/mol. The van der Waals surface area contributed by atoms with E-state index in [2.05, 4.69) is 50.2 Å². The highest BCUT2D eigenvalue weighted by molar-refractivity contribution is 5.95. The minimum absolute atomic E-state index is 0.995. The second-order valence-electron chi connectivity index (χ2n) is 4.47. The first kappa shape index (κ1) is 10.2. The van der Waals surface area contributed by atoms with Crippen molar-refractivity contribution in [1.82, 2.24) is 0 Å². The number of benzene rings is 2. The maximum Gasteiger partial charge on any atom is 0.137 e. The van der Waals surface area contributed by atoms with Crippen LogP contribution < -0.4 is 0 Å². The van der Waals surface area contributed by atoms with Crippen molar-refractivity contribution in [2.24, 2.45) is 0 Å². The fraction of sp³-hybridized carbons (Fsp3) is 0.125. The normalized spacial score (nSPS) is 10.9. The molecule has 1 aromatic heterocycles. The summed E-state index contributed by atoms with van der Waals surface area (Å²) in [6.45, 7) is 4.21. The van der Waals surface area contributed by atoms with Crippen molar-refractivity contribution in [3.8, 4) is 11.1 Å². The minimum Gasteiger partial charge on any atom is -0.463 e. The van der Waals surface area contributed by atoms with E-state index >= 15 is 0 Å². The molecular formula is C16H14O. The topological polar surface area (TPSA) is 13.1 Å². The molecule has 0 saturated heterocycles. The lowest BCUT2D eigenvalue weighted by atomic mass is 10.0. The lowest BCUT2D eigenvalue weighted by Crippen LogP contribution is -1.79. The molecule has 0 aliphatic heterocycles. The molecule has 17 heavy (non-hydrogen) atoms. The van der Waals surface area contributed by atoms with Gasteiger partial charge in [0.15, 0.2) is 0 Å². The fourth-order valence-corrected chi connectivity index (χ4v) is 2.33. The first-order valence-electron chi connectivity index (χ1n) is 5.79. The van der Waals surface area contributed by atoms with E-state index in [1.807, 2.05) is 12.3 Å². The molecule has 0 unspecified atom stereocenters. The fourth-order valence-electron chi connectivity index (χ4n) is 2.33. The molecule has 1 nitrogen and oxygen atoms in total. The molecular weight excluding hydrogens is 208 g/mol. The predicted molar refractivity (Wildman–Crippen MR) is 71.1 cm³/mol. The zero-order valence-corrected chi connectivity index (χ0v) is 10.0.